The minimum Gasteiger partial charge on any atom is -0.481 e. The second-order valence-electron chi connectivity index (χ2n) is 8.38. The van der Waals surface area contributed by atoms with Crippen molar-refractivity contribution in [1.82, 2.24) is 5.32 Å². The average molecular weight is 444 g/mol. The van der Waals surface area contributed by atoms with Gasteiger partial charge in [-0.05, 0) is 65.8 Å². The summed E-state index contributed by atoms with van der Waals surface area (Å²) >= 11 is 0. The van der Waals surface area contributed by atoms with E-state index in [1.807, 2.05) is 36.4 Å². The fraction of sp³-hybridized carbons (Fsp3) is 0.259. The van der Waals surface area contributed by atoms with Gasteiger partial charge in [0.05, 0.1) is 18.1 Å². The van der Waals surface area contributed by atoms with E-state index in [0.29, 0.717) is 18.5 Å². The second-order valence-corrected chi connectivity index (χ2v) is 8.38. The molecule has 1 heterocycles. The highest BCUT2D eigenvalue weighted by molar-refractivity contribution is 5.70. The number of nitrogens with one attached hydrogen (secondary N) is 2. The third-order valence-corrected chi connectivity index (χ3v) is 6.18. The SMILES string of the molecule is N#Cc1cccc2c1C[C@@H]([C@H](NCCc1ccc(F)c(CC(=O)O)c1)c1ccccc1)CN2. The number of fused-ring (bicyclic) bond motifs is 1. The Labute approximate surface area is 192 Å². The van der Waals surface area contributed by atoms with Gasteiger partial charge >= 0.3 is 5.97 Å². The number of carboxylic acid groups (broad SMARTS) is 1. The van der Waals surface area contributed by atoms with Crippen molar-refractivity contribution >= 4 is 11.7 Å². The first-order valence-corrected chi connectivity index (χ1v) is 11.1. The molecule has 2 atom stereocenters. The molecule has 0 fully saturated rings. The Morgan fingerprint density at radius 1 is 1.18 bits per heavy atom. The second kappa shape index (κ2) is 10.3. The molecule has 0 spiro atoms. The molecular formula is C27H26FN3O2. The Balaban J connectivity index is 1.50. The van der Waals surface area contributed by atoms with Crippen LogP contribution in [0.3, 0.4) is 0 Å². The van der Waals surface area contributed by atoms with Crippen molar-refractivity contribution in [2.75, 3.05) is 18.4 Å². The van der Waals surface area contributed by atoms with E-state index in [0.717, 1.165) is 29.8 Å². The summed E-state index contributed by atoms with van der Waals surface area (Å²) < 4.78 is 13.9. The molecular weight excluding hydrogens is 417 g/mol. The van der Waals surface area contributed by atoms with Gasteiger partial charge in [0.2, 0.25) is 0 Å². The number of nitrogens with zero attached hydrogens (tertiary/aromatic N) is 1. The lowest BCUT2D eigenvalue weighted by molar-refractivity contribution is -0.136. The van der Waals surface area contributed by atoms with E-state index in [-0.39, 0.29) is 23.9 Å². The summed E-state index contributed by atoms with van der Waals surface area (Å²) in [7, 11) is 0. The van der Waals surface area contributed by atoms with Gasteiger partial charge in [0.1, 0.15) is 5.82 Å². The largest absolute Gasteiger partial charge is 0.481 e. The Hall–Kier alpha value is -3.69. The van der Waals surface area contributed by atoms with Crippen molar-refractivity contribution in [3.63, 3.8) is 0 Å². The molecule has 1 aliphatic rings. The number of rotatable bonds is 8. The van der Waals surface area contributed by atoms with Crippen LogP contribution in [0.4, 0.5) is 10.1 Å². The normalized spacial score (nSPS) is 15.7. The monoisotopic (exact) mass is 443 g/mol. The number of hydrogen-bond acceptors (Lipinski definition) is 4. The maximum absolute atomic E-state index is 13.9. The molecule has 0 aromatic heterocycles. The fourth-order valence-corrected chi connectivity index (χ4v) is 4.56. The summed E-state index contributed by atoms with van der Waals surface area (Å²) in [6.45, 7) is 1.44. The number of halogens is 1. The molecule has 3 aromatic rings. The third kappa shape index (κ3) is 5.39. The molecule has 33 heavy (non-hydrogen) atoms. The van der Waals surface area contributed by atoms with Crippen LogP contribution in [-0.2, 0) is 24.1 Å². The Morgan fingerprint density at radius 2 is 2.00 bits per heavy atom. The lowest BCUT2D eigenvalue weighted by Gasteiger charge is -2.34. The zero-order valence-electron chi connectivity index (χ0n) is 18.2. The number of carboxylic acids is 1. The summed E-state index contributed by atoms with van der Waals surface area (Å²) in [6, 6.07) is 23.1. The number of anilines is 1. The number of aliphatic carboxylic acids is 1. The molecule has 1 aliphatic heterocycles. The van der Waals surface area contributed by atoms with Gasteiger partial charge in [-0.25, -0.2) is 4.39 Å². The van der Waals surface area contributed by atoms with Gasteiger partial charge in [0.15, 0.2) is 0 Å². The smallest absolute Gasteiger partial charge is 0.307 e. The van der Waals surface area contributed by atoms with Crippen molar-refractivity contribution in [3.8, 4) is 6.07 Å². The van der Waals surface area contributed by atoms with E-state index in [9.17, 15) is 14.4 Å². The van der Waals surface area contributed by atoms with E-state index in [1.54, 1.807) is 12.1 Å². The van der Waals surface area contributed by atoms with Crippen molar-refractivity contribution in [2.24, 2.45) is 5.92 Å². The Morgan fingerprint density at radius 3 is 2.76 bits per heavy atom. The van der Waals surface area contributed by atoms with Crippen LogP contribution in [0, 0.1) is 23.1 Å². The summed E-state index contributed by atoms with van der Waals surface area (Å²) in [5, 5.41) is 25.7. The summed E-state index contributed by atoms with van der Waals surface area (Å²) in [6.07, 6.45) is 1.11. The highest BCUT2D eigenvalue weighted by Crippen LogP contribution is 2.34. The van der Waals surface area contributed by atoms with Gasteiger partial charge in [0, 0.05) is 18.3 Å². The van der Waals surface area contributed by atoms with Gasteiger partial charge in [-0.15, -0.1) is 0 Å². The predicted octanol–water partition coefficient (Wildman–Crippen LogP) is 4.48. The van der Waals surface area contributed by atoms with Crippen LogP contribution in [0.15, 0.2) is 66.7 Å². The lowest BCUT2D eigenvalue weighted by Crippen LogP contribution is -2.37. The Bertz CT molecular complexity index is 1170. The molecule has 0 amide bonds. The van der Waals surface area contributed by atoms with E-state index in [4.69, 9.17) is 5.11 Å². The number of carbonyl (C=O) groups is 1. The van der Waals surface area contributed by atoms with Gasteiger partial charge in [-0.3, -0.25) is 4.79 Å². The van der Waals surface area contributed by atoms with Crippen LogP contribution >= 0.6 is 0 Å². The molecule has 168 valence electrons. The lowest BCUT2D eigenvalue weighted by atomic mass is 9.83. The van der Waals surface area contributed by atoms with Crippen molar-refractivity contribution in [2.45, 2.75) is 25.3 Å². The molecule has 0 aliphatic carbocycles. The minimum absolute atomic E-state index is 0.0672. The zero-order chi connectivity index (χ0) is 23.2. The van der Waals surface area contributed by atoms with Crippen molar-refractivity contribution in [3.05, 3.63) is 100 Å². The molecule has 3 N–H and O–H groups in total. The molecule has 6 heteroatoms. The standard InChI is InChI=1S/C27H26FN3O2/c28-24-10-9-18(13-21(24)15-26(32)33)11-12-30-27(19-5-2-1-3-6-19)22-14-23-20(16-29)7-4-8-25(23)31-17-22/h1-10,13,22,27,30-31H,11-12,14-15,17H2,(H,32,33)/t22-,27-/m1/s1. The molecule has 5 nitrogen and oxygen atoms in total. The minimum atomic E-state index is -1.05. The van der Waals surface area contributed by atoms with Crippen LogP contribution in [0.2, 0.25) is 0 Å². The molecule has 0 unspecified atom stereocenters. The fourth-order valence-electron chi connectivity index (χ4n) is 4.56. The summed E-state index contributed by atoms with van der Waals surface area (Å²) in [5.74, 6) is -1.29. The molecule has 0 saturated heterocycles. The number of benzene rings is 3. The maximum Gasteiger partial charge on any atom is 0.307 e. The molecule has 0 bridgehead atoms. The Kier molecular flexibility index (Phi) is 7.01. The first-order chi connectivity index (χ1) is 16.0. The van der Waals surface area contributed by atoms with Crippen LogP contribution < -0.4 is 10.6 Å². The van der Waals surface area contributed by atoms with Gasteiger partial charge in [0.25, 0.3) is 0 Å². The number of nitriles is 1. The quantitative estimate of drug-likeness (QED) is 0.478. The highest BCUT2D eigenvalue weighted by Gasteiger charge is 2.28. The number of hydrogen-bond donors (Lipinski definition) is 3. The van der Waals surface area contributed by atoms with Gasteiger partial charge in [-0.1, -0.05) is 48.5 Å². The van der Waals surface area contributed by atoms with Gasteiger partial charge in [-0.2, -0.15) is 5.26 Å². The van der Waals surface area contributed by atoms with Crippen LogP contribution in [0.1, 0.15) is 33.9 Å². The molecule has 0 saturated carbocycles. The van der Waals surface area contributed by atoms with E-state index < -0.39 is 11.8 Å². The molecule has 3 aromatic carbocycles. The maximum atomic E-state index is 13.9. The summed E-state index contributed by atoms with van der Waals surface area (Å²) in [5.41, 5.74) is 5.05. The predicted molar refractivity (Wildman–Crippen MR) is 125 cm³/mol. The summed E-state index contributed by atoms with van der Waals surface area (Å²) in [4.78, 5) is 11.0. The van der Waals surface area contributed by atoms with Gasteiger partial charge < -0.3 is 15.7 Å². The van der Waals surface area contributed by atoms with Crippen LogP contribution in [0.5, 0.6) is 0 Å². The third-order valence-electron chi connectivity index (χ3n) is 6.18. The topological polar surface area (TPSA) is 85.2 Å². The molecule has 4 rings (SSSR count). The van der Waals surface area contributed by atoms with E-state index in [1.165, 1.54) is 11.6 Å². The van der Waals surface area contributed by atoms with Crippen molar-refractivity contribution in [1.29, 1.82) is 5.26 Å². The first kappa shape index (κ1) is 22.5. The van der Waals surface area contributed by atoms with E-state index in [2.05, 4.69) is 28.8 Å². The van der Waals surface area contributed by atoms with Crippen LogP contribution in [0.25, 0.3) is 0 Å². The van der Waals surface area contributed by atoms with Crippen molar-refractivity contribution < 1.29 is 14.3 Å². The highest BCUT2D eigenvalue weighted by atomic mass is 19.1. The molecule has 0 radical (unpaired) electrons. The van der Waals surface area contributed by atoms with Crippen LogP contribution in [-0.4, -0.2) is 24.2 Å². The zero-order valence-corrected chi connectivity index (χ0v) is 18.2. The first-order valence-electron chi connectivity index (χ1n) is 11.1. The van der Waals surface area contributed by atoms with E-state index >= 15 is 0 Å². The average Bonchev–Trinajstić information content (AvgIpc) is 2.83.